The first-order chi connectivity index (χ1) is 13.2. The number of piperidine rings is 1. The number of aryl methyl sites for hydroxylation is 2. The molecule has 2 aliphatic rings. The summed E-state index contributed by atoms with van der Waals surface area (Å²) >= 11 is 0. The lowest BCUT2D eigenvalue weighted by Crippen LogP contribution is -2.59. The van der Waals surface area contributed by atoms with Crippen molar-refractivity contribution in [2.45, 2.75) is 63.9 Å². The van der Waals surface area contributed by atoms with Crippen molar-refractivity contribution in [2.75, 3.05) is 26.8 Å². The summed E-state index contributed by atoms with van der Waals surface area (Å²) in [7, 11) is 1.71. The van der Waals surface area contributed by atoms with Crippen molar-refractivity contribution >= 4 is 6.47 Å². The van der Waals surface area contributed by atoms with Crippen LogP contribution < -0.4 is 4.74 Å². The fraction of sp³-hybridized carbons (Fsp3) is 0.667. The van der Waals surface area contributed by atoms with Gasteiger partial charge >= 0.3 is 0 Å². The van der Waals surface area contributed by atoms with Crippen LogP contribution >= 0.6 is 0 Å². The quantitative estimate of drug-likeness (QED) is 0.672. The Morgan fingerprint density at radius 2 is 1.89 bits per heavy atom. The molecular formula is C21H33NO6. The maximum Gasteiger partial charge on any atom is 0.290 e. The lowest BCUT2D eigenvalue weighted by atomic mass is 9.76. The Bertz CT molecular complexity index is 667. The summed E-state index contributed by atoms with van der Waals surface area (Å²) in [6.45, 7) is 8.71. The van der Waals surface area contributed by atoms with Crippen molar-refractivity contribution < 1.29 is 29.6 Å². The first kappa shape index (κ1) is 22.6. The number of hydrogen-bond donors (Lipinski definition) is 3. The van der Waals surface area contributed by atoms with Crippen LogP contribution in [0.4, 0.5) is 0 Å². The molecule has 0 aliphatic carbocycles. The summed E-state index contributed by atoms with van der Waals surface area (Å²) in [4.78, 5) is 10.8. The predicted molar refractivity (Wildman–Crippen MR) is 106 cm³/mol. The van der Waals surface area contributed by atoms with Crippen molar-refractivity contribution in [1.82, 2.24) is 4.90 Å². The second-order valence-corrected chi connectivity index (χ2v) is 8.17. The van der Waals surface area contributed by atoms with E-state index >= 15 is 0 Å². The van der Waals surface area contributed by atoms with E-state index in [9.17, 15) is 10.2 Å². The molecule has 2 atom stereocenters. The first-order valence-electron chi connectivity index (χ1n) is 9.65. The Labute approximate surface area is 166 Å². The number of aliphatic hydroxyl groups is 2. The standard InChI is InChI=1S/C20H31NO4.CH2O2/c1-14-10-17(24-4)15(2)9-16(14)11-21-7-5-20(6-8-21)13-19(3,23)18(22)12-25-20;2-1-3/h9-10,18,22-23H,5-8,11-13H2,1-4H3;1H,(H,2,3)/t18-,19-;/m0./s1. The predicted octanol–water partition coefficient (Wildman–Crippen LogP) is 1.88. The molecule has 7 heteroatoms. The number of methoxy groups -OCH3 is 1. The van der Waals surface area contributed by atoms with Gasteiger partial charge in [-0.05, 0) is 56.4 Å². The molecule has 2 heterocycles. The average Bonchev–Trinajstić information content (AvgIpc) is 2.64. The van der Waals surface area contributed by atoms with Crippen molar-refractivity contribution in [2.24, 2.45) is 0 Å². The normalized spacial score (nSPS) is 27.0. The molecule has 0 radical (unpaired) electrons. The molecule has 0 unspecified atom stereocenters. The summed E-state index contributed by atoms with van der Waals surface area (Å²) < 4.78 is 11.4. The van der Waals surface area contributed by atoms with Gasteiger partial charge in [0.05, 0.1) is 24.9 Å². The molecule has 1 spiro atoms. The zero-order valence-electron chi connectivity index (χ0n) is 17.3. The maximum absolute atomic E-state index is 10.4. The van der Waals surface area contributed by atoms with Crippen LogP contribution in [-0.2, 0) is 16.1 Å². The molecular weight excluding hydrogens is 362 g/mol. The summed E-state index contributed by atoms with van der Waals surface area (Å²) in [6.07, 6.45) is 1.50. The van der Waals surface area contributed by atoms with Crippen LogP contribution in [0.15, 0.2) is 12.1 Å². The van der Waals surface area contributed by atoms with Crippen LogP contribution in [0.5, 0.6) is 5.75 Å². The molecule has 158 valence electrons. The van der Waals surface area contributed by atoms with E-state index < -0.39 is 11.7 Å². The monoisotopic (exact) mass is 395 g/mol. The van der Waals surface area contributed by atoms with Crippen molar-refractivity contribution in [3.05, 3.63) is 28.8 Å². The van der Waals surface area contributed by atoms with Crippen LogP contribution in [0.3, 0.4) is 0 Å². The van der Waals surface area contributed by atoms with Crippen molar-refractivity contribution in [1.29, 1.82) is 0 Å². The van der Waals surface area contributed by atoms with Crippen molar-refractivity contribution in [3.8, 4) is 5.75 Å². The smallest absolute Gasteiger partial charge is 0.290 e. The molecule has 0 bridgehead atoms. The molecule has 3 rings (SSSR count). The van der Waals surface area contributed by atoms with Crippen LogP contribution in [-0.4, -0.2) is 70.8 Å². The SMILES string of the molecule is COc1cc(C)c(CN2CCC3(CC2)C[C@](C)(O)[C@@H](O)CO3)cc1C.O=CO. The number of nitrogens with zero attached hydrogens (tertiary/aromatic N) is 1. The number of carbonyl (C=O) groups is 1. The lowest BCUT2D eigenvalue weighted by molar-refractivity contribution is -0.223. The van der Waals surface area contributed by atoms with E-state index in [1.165, 1.54) is 11.1 Å². The second-order valence-electron chi connectivity index (χ2n) is 8.17. The number of rotatable bonds is 3. The Morgan fingerprint density at radius 1 is 1.29 bits per heavy atom. The van der Waals surface area contributed by atoms with E-state index in [1.54, 1.807) is 14.0 Å². The minimum atomic E-state index is -1.05. The van der Waals surface area contributed by atoms with Crippen LogP contribution in [0.2, 0.25) is 0 Å². The molecule has 3 N–H and O–H groups in total. The largest absolute Gasteiger partial charge is 0.496 e. The van der Waals surface area contributed by atoms with E-state index in [0.717, 1.165) is 43.8 Å². The van der Waals surface area contributed by atoms with Gasteiger partial charge in [-0.1, -0.05) is 6.07 Å². The van der Waals surface area contributed by atoms with Gasteiger partial charge in [-0.15, -0.1) is 0 Å². The van der Waals surface area contributed by atoms with Gasteiger partial charge in [-0.3, -0.25) is 9.69 Å². The lowest BCUT2D eigenvalue weighted by Gasteiger charge is -2.50. The van der Waals surface area contributed by atoms with E-state index in [1.807, 2.05) is 0 Å². The van der Waals surface area contributed by atoms with E-state index in [-0.39, 0.29) is 18.7 Å². The number of ether oxygens (including phenoxy) is 2. The molecule has 7 nitrogen and oxygen atoms in total. The summed E-state index contributed by atoms with van der Waals surface area (Å²) in [6, 6.07) is 4.33. The Kier molecular flexibility index (Phi) is 7.45. The Hall–Kier alpha value is -1.67. The third kappa shape index (κ3) is 5.23. The average molecular weight is 395 g/mol. The first-order valence-corrected chi connectivity index (χ1v) is 9.65. The zero-order chi connectivity index (χ0) is 20.9. The number of benzene rings is 1. The second kappa shape index (κ2) is 9.22. The van der Waals surface area contributed by atoms with Crippen LogP contribution in [0, 0.1) is 13.8 Å². The topological polar surface area (TPSA) is 99.5 Å². The van der Waals surface area contributed by atoms with Gasteiger partial charge in [0.1, 0.15) is 11.9 Å². The molecule has 1 aromatic rings. The van der Waals surface area contributed by atoms with E-state index in [4.69, 9.17) is 19.4 Å². The minimum absolute atomic E-state index is 0.226. The van der Waals surface area contributed by atoms with E-state index in [0.29, 0.717) is 6.42 Å². The number of carboxylic acid groups (broad SMARTS) is 1. The van der Waals surface area contributed by atoms with Gasteiger partial charge in [0, 0.05) is 26.1 Å². The molecule has 2 saturated heterocycles. The highest BCUT2D eigenvalue weighted by Gasteiger charge is 2.48. The molecule has 0 amide bonds. The third-order valence-corrected chi connectivity index (χ3v) is 5.96. The van der Waals surface area contributed by atoms with E-state index in [2.05, 4.69) is 30.9 Å². The highest BCUT2D eigenvalue weighted by atomic mass is 16.5. The zero-order valence-corrected chi connectivity index (χ0v) is 17.3. The molecule has 2 fully saturated rings. The van der Waals surface area contributed by atoms with Crippen LogP contribution in [0.25, 0.3) is 0 Å². The van der Waals surface area contributed by atoms with Gasteiger partial charge in [0.25, 0.3) is 6.47 Å². The highest BCUT2D eigenvalue weighted by Crippen LogP contribution is 2.40. The fourth-order valence-electron chi connectivity index (χ4n) is 4.18. The summed E-state index contributed by atoms with van der Waals surface area (Å²) in [5.74, 6) is 0.940. The molecule has 0 saturated carbocycles. The van der Waals surface area contributed by atoms with Gasteiger partial charge in [-0.25, -0.2) is 0 Å². The van der Waals surface area contributed by atoms with Gasteiger partial charge in [-0.2, -0.15) is 0 Å². The van der Waals surface area contributed by atoms with Crippen LogP contribution in [0.1, 0.15) is 42.9 Å². The Balaban J connectivity index is 0.000000878. The number of likely N-dealkylation sites (tertiary alicyclic amines) is 1. The molecule has 0 aromatic heterocycles. The fourth-order valence-corrected chi connectivity index (χ4v) is 4.18. The highest BCUT2D eigenvalue weighted by molar-refractivity contribution is 5.41. The molecule has 1 aromatic carbocycles. The van der Waals surface area contributed by atoms with Gasteiger partial charge < -0.3 is 24.8 Å². The number of hydrogen-bond acceptors (Lipinski definition) is 6. The summed E-state index contributed by atoms with van der Waals surface area (Å²) in [5.41, 5.74) is 2.41. The maximum atomic E-state index is 10.4. The number of aliphatic hydroxyl groups excluding tert-OH is 1. The molecule has 28 heavy (non-hydrogen) atoms. The third-order valence-electron chi connectivity index (χ3n) is 5.96. The Morgan fingerprint density at radius 3 is 2.43 bits per heavy atom. The molecule has 2 aliphatic heterocycles. The minimum Gasteiger partial charge on any atom is -0.496 e. The van der Waals surface area contributed by atoms with Crippen molar-refractivity contribution in [3.63, 3.8) is 0 Å². The summed E-state index contributed by atoms with van der Waals surface area (Å²) in [5, 5.41) is 27.2. The van der Waals surface area contributed by atoms with Gasteiger partial charge in [0.15, 0.2) is 0 Å². The van der Waals surface area contributed by atoms with Gasteiger partial charge in [0.2, 0.25) is 0 Å².